The molecule has 0 spiro atoms. The molecule has 2 N–H and O–H groups in total. The first-order valence-electron chi connectivity index (χ1n) is 5.99. The number of aliphatic imine (C=N–C) groups is 1. The molecule has 1 fully saturated rings. The van der Waals surface area contributed by atoms with Crippen LogP contribution in [-0.2, 0) is 11.2 Å². The minimum Gasteiger partial charge on any atom is -0.378 e. The molecule has 0 aliphatic carbocycles. The average molecular weight is 269 g/mol. The van der Waals surface area contributed by atoms with Crippen LogP contribution in [0.25, 0.3) is 0 Å². The van der Waals surface area contributed by atoms with Crippen LogP contribution >= 0.6 is 11.6 Å². The average Bonchev–Trinajstić information content (AvgIpc) is 2.42. The van der Waals surface area contributed by atoms with Crippen molar-refractivity contribution in [1.29, 1.82) is 0 Å². The Labute approximate surface area is 112 Å². The van der Waals surface area contributed by atoms with E-state index in [1.807, 2.05) is 11.0 Å². The summed E-state index contributed by atoms with van der Waals surface area (Å²) in [6.45, 7) is 3.73. The highest BCUT2D eigenvalue weighted by Crippen LogP contribution is 2.06. The number of rotatable bonds is 3. The van der Waals surface area contributed by atoms with Gasteiger partial charge in [-0.3, -0.25) is 4.99 Å². The molecule has 0 saturated carbocycles. The predicted octanol–water partition coefficient (Wildman–Crippen LogP) is 0.924. The topological polar surface area (TPSA) is 63.7 Å². The van der Waals surface area contributed by atoms with E-state index in [1.54, 1.807) is 12.3 Å². The van der Waals surface area contributed by atoms with E-state index in [1.165, 1.54) is 0 Å². The lowest BCUT2D eigenvalue weighted by molar-refractivity contribution is 0.0674. The minimum absolute atomic E-state index is 0.509. The molecular formula is C12H17ClN4O. The van der Waals surface area contributed by atoms with Gasteiger partial charge in [-0.2, -0.15) is 0 Å². The van der Waals surface area contributed by atoms with Crippen molar-refractivity contribution < 1.29 is 4.74 Å². The van der Waals surface area contributed by atoms with Gasteiger partial charge in [-0.05, 0) is 18.1 Å². The van der Waals surface area contributed by atoms with Gasteiger partial charge in [0.2, 0.25) is 0 Å². The second kappa shape index (κ2) is 6.56. The van der Waals surface area contributed by atoms with E-state index < -0.39 is 0 Å². The van der Waals surface area contributed by atoms with Crippen LogP contribution in [0.4, 0.5) is 0 Å². The zero-order valence-corrected chi connectivity index (χ0v) is 10.9. The van der Waals surface area contributed by atoms with Crippen LogP contribution in [-0.4, -0.2) is 48.7 Å². The van der Waals surface area contributed by atoms with Crippen molar-refractivity contribution >= 4 is 17.6 Å². The third-order valence-electron chi connectivity index (χ3n) is 2.80. The van der Waals surface area contributed by atoms with Crippen LogP contribution in [0, 0.1) is 0 Å². The Bertz CT molecular complexity index is 401. The molecule has 18 heavy (non-hydrogen) atoms. The molecule has 0 aromatic carbocycles. The van der Waals surface area contributed by atoms with E-state index in [-0.39, 0.29) is 0 Å². The Hall–Kier alpha value is -1.33. The number of nitrogens with two attached hydrogens (primary N) is 1. The van der Waals surface area contributed by atoms with E-state index in [0.29, 0.717) is 17.7 Å². The lowest BCUT2D eigenvalue weighted by atomic mass is 10.2. The number of hydrogen-bond acceptors (Lipinski definition) is 3. The second-order valence-electron chi connectivity index (χ2n) is 4.08. The van der Waals surface area contributed by atoms with Gasteiger partial charge < -0.3 is 15.4 Å². The van der Waals surface area contributed by atoms with Gasteiger partial charge >= 0.3 is 0 Å². The van der Waals surface area contributed by atoms with Gasteiger partial charge in [-0.25, -0.2) is 4.98 Å². The second-order valence-corrected chi connectivity index (χ2v) is 4.47. The molecule has 0 bridgehead atoms. The highest BCUT2D eigenvalue weighted by molar-refractivity contribution is 6.29. The number of pyridine rings is 1. The molecule has 1 aliphatic heterocycles. The monoisotopic (exact) mass is 268 g/mol. The lowest BCUT2D eigenvalue weighted by Crippen LogP contribution is -2.44. The molecule has 5 nitrogen and oxygen atoms in total. The van der Waals surface area contributed by atoms with Crippen LogP contribution in [0.2, 0.25) is 5.15 Å². The van der Waals surface area contributed by atoms with Crippen molar-refractivity contribution in [1.82, 2.24) is 9.88 Å². The predicted molar refractivity (Wildman–Crippen MR) is 71.8 cm³/mol. The Balaban J connectivity index is 1.81. The van der Waals surface area contributed by atoms with E-state index in [2.05, 4.69) is 9.98 Å². The maximum absolute atomic E-state index is 5.92. The normalized spacial score (nSPS) is 16.9. The molecule has 0 atom stereocenters. The summed E-state index contributed by atoms with van der Waals surface area (Å²) in [5, 5.41) is 0.509. The maximum Gasteiger partial charge on any atom is 0.191 e. The van der Waals surface area contributed by atoms with Gasteiger partial charge in [-0.15, -0.1) is 0 Å². The Morgan fingerprint density at radius 2 is 2.22 bits per heavy atom. The van der Waals surface area contributed by atoms with Gasteiger partial charge in [0, 0.05) is 25.8 Å². The molecule has 2 rings (SSSR count). The van der Waals surface area contributed by atoms with Crippen LogP contribution in [0.15, 0.2) is 23.3 Å². The zero-order chi connectivity index (χ0) is 12.8. The zero-order valence-electron chi connectivity index (χ0n) is 10.2. The molecule has 1 aliphatic rings. The van der Waals surface area contributed by atoms with Gasteiger partial charge in [-0.1, -0.05) is 17.7 Å². The number of nitrogens with zero attached hydrogens (tertiary/aromatic N) is 3. The quantitative estimate of drug-likeness (QED) is 0.503. The first-order chi connectivity index (χ1) is 8.75. The molecule has 1 aromatic rings. The fourth-order valence-electron chi connectivity index (χ4n) is 1.75. The van der Waals surface area contributed by atoms with E-state index in [9.17, 15) is 0 Å². The summed E-state index contributed by atoms with van der Waals surface area (Å²) in [6.07, 6.45) is 2.58. The summed E-state index contributed by atoms with van der Waals surface area (Å²) < 4.78 is 5.26. The van der Waals surface area contributed by atoms with Crippen molar-refractivity contribution in [3.8, 4) is 0 Å². The summed E-state index contributed by atoms with van der Waals surface area (Å²) in [4.78, 5) is 10.4. The molecule has 0 radical (unpaired) electrons. The molecule has 0 unspecified atom stereocenters. The smallest absolute Gasteiger partial charge is 0.191 e. The molecule has 0 amide bonds. The lowest BCUT2D eigenvalue weighted by Gasteiger charge is -2.27. The highest BCUT2D eigenvalue weighted by Gasteiger charge is 2.11. The van der Waals surface area contributed by atoms with Crippen molar-refractivity contribution in [3.05, 3.63) is 29.0 Å². The van der Waals surface area contributed by atoms with Crippen molar-refractivity contribution in [2.75, 3.05) is 32.8 Å². The van der Waals surface area contributed by atoms with Crippen LogP contribution in [0.1, 0.15) is 5.56 Å². The SMILES string of the molecule is NC(=NCCc1ccc(Cl)nc1)N1CCOCC1. The van der Waals surface area contributed by atoms with Crippen molar-refractivity contribution in [2.24, 2.45) is 10.7 Å². The number of aromatic nitrogens is 1. The summed E-state index contributed by atoms with van der Waals surface area (Å²) >= 11 is 5.72. The molecule has 1 saturated heterocycles. The minimum atomic E-state index is 0.509. The Morgan fingerprint density at radius 1 is 1.44 bits per heavy atom. The molecule has 1 aromatic heterocycles. The van der Waals surface area contributed by atoms with Gasteiger partial charge in [0.1, 0.15) is 5.15 Å². The van der Waals surface area contributed by atoms with Crippen LogP contribution < -0.4 is 5.73 Å². The molecule has 98 valence electrons. The number of halogens is 1. The van der Waals surface area contributed by atoms with E-state index >= 15 is 0 Å². The maximum atomic E-state index is 5.92. The van der Waals surface area contributed by atoms with E-state index in [4.69, 9.17) is 22.1 Å². The van der Waals surface area contributed by atoms with Crippen molar-refractivity contribution in [2.45, 2.75) is 6.42 Å². The standard InChI is InChI=1S/C12H17ClN4O/c13-11-2-1-10(9-16-11)3-4-15-12(14)17-5-7-18-8-6-17/h1-2,9H,3-8H2,(H2,14,15). The van der Waals surface area contributed by atoms with Crippen molar-refractivity contribution in [3.63, 3.8) is 0 Å². The number of guanidine groups is 1. The van der Waals surface area contributed by atoms with Gasteiger partial charge in [0.15, 0.2) is 5.96 Å². The fraction of sp³-hybridized carbons (Fsp3) is 0.500. The Kier molecular flexibility index (Phi) is 4.78. The highest BCUT2D eigenvalue weighted by atomic mass is 35.5. The molecule has 2 heterocycles. The third kappa shape index (κ3) is 3.85. The first-order valence-corrected chi connectivity index (χ1v) is 6.36. The van der Waals surface area contributed by atoms with Crippen LogP contribution in [0.5, 0.6) is 0 Å². The summed E-state index contributed by atoms with van der Waals surface area (Å²) in [7, 11) is 0. The summed E-state index contributed by atoms with van der Waals surface area (Å²) in [5.74, 6) is 0.597. The summed E-state index contributed by atoms with van der Waals surface area (Å²) in [5.41, 5.74) is 7.03. The Morgan fingerprint density at radius 3 is 2.89 bits per heavy atom. The number of ether oxygens (including phenoxy) is 1. The van der Waals surface area contributed by atoms with Crippen LogP contribution in [0.3, 0.4) is 0 Å². The fourth-order valence-corrected chi connectivity index (χ4v) is 1.86. The number of hydrogen-bond donors (Lipinski definition) is 1. The third-order valence-corrected chi connectivity index (χ3v) is 3.02. The van der Waals surface area contributed by atoms with E-state index in [0.717, 1.165) is 38.3 Å². The first kappa shape index (κ1) is 13.1. The van der Waals surface area contributed by atoms with Gasteiger partial charge in [0.25, 0.3) is 0 Å². The van der Waals surface area contributed by atoms with Gasteiger partial charge in [0.05, 0.1) is 13.2 Å². The largest absolute Gasteiger partial charge is 0.378 e. The molecular weight excluding hydrogens is 252 g/mol. The molecule has 6 heteroatoms. The summed E-state index contributed by atoms with van der Waals surface area (Å²) in [6, 6.07) is 3.74. The number of morpholine rings is 1.